The van der Waals surface area contributed by atoms with E-state index in [4.69, 9.17) is 4.52 Å². The lowest BCUT2D eigenvalue weighted by atomic mass is 10.4. The normalized spacial score (nSPS) is 12.9. The summed E-state index contributed by atoms with van der Waals surface area (Å²) in [5.41, 5.74) is 0. The highest BCUT2D eigenvalue weighted by Gasteiger charge is 2.22. The molecule has 0 amide bonds. The van der Waals surface area contributed by atoms with Gasteiger partial charge in [-0.2, -0.15) is 0 Å². The maximum atomic E-state index is 11.8. The van der Waals surface area contributed by atoms with Gasteiger partial charge in [-0.1, -0.05) is 0 Å². The molecule has 0 rings (SSSR count). The Balaban J connectivity index is 4.15. The van der Waals surface area contributed by atoms with Gasteiger partial charge in [0.2, 0.25) is 0 Å². The molecular formula is C7H19N2O2P. The van der Waals surface area contributed by atoms with Crippen molar-refractivity contribution in [2.75, 3.05) is 7.11 Å². The van der Waals surface area contributed by atoms with E-state index in [1.807, 2.05) is 27.7 Å². The Morgan fingerprint density at radius 2 is 1.42 bits per heavy atom. The van der Waals surface area contributed by atoms with E-state index in [1.165, 1.54) is 7.11 Å². The van der Waals surface area contributed by atoms with Crippen molar-refractivity contribution in [2.24, 2.45) is 0 Å². The molecule has 0 fully saturated rings. The van der Waals surface area contributed by atoms with Crippen LogP contribution in [0.1, 0.15) is 27.7 Å². The van der Waals surface area contributed by atoms with Gasteiger partial charge in [0.05, 0.1) is 0 Å². The van der Waals surface area contributed by atoms with Gasteiger partial charge in [-0.25, -0.2) is 10.2 Å². The molecule has 0 aromatic heterocycles. The molecule has 0 aliphatic rings. The number of hydrogen-bond donors (Lipinski definition) is 2. The molecule has 4 nitrogen and oxygen atoms in total. The molecule has 0 saturated carbocycles. The first-order valence-electron chi connectivity index (χ1n) is 4.11. The topological polar surface area (TPSA) is 50.4 Å². The van der Waals surface area contributed by atoms with Crippen LogP contribution in [-0.2, 0) is 9.09 Å². The summed E-state index contributed by atoms with van der Waals surface area (Å²) in [6.45, 7) is 7.70. The molecule has 12 heavy (non-hydrogen) atoms. The zero-order valence-corrected chi connectivity index (χ0v) is 9.31. The first-order valence-corrected chi connectivity index (χ1v) is 5.73. The highest BCUT2D eigenvalue weighted by Crippen LogP contribution is 2.37. The fraction of sp³-hybridized carbons (Fsp3) is 1.00. The first-order chi connectivity index (χ1) is 5.39. The van der Waals surface area contributed by atoms with Crippen LogP contribution < -0.4 is 10.2 Å². The van der Waals surface area contributed by atoms with E-state index in [0.29, 0.717) is 0 Å². The Morgan fingerprint density at radius 1 is 1.08 bits per heavy atom. The van der Waals surface area contributed by atoms with Gasteiger partial charge in [0, 0.05) is 19.2 Å². The highest BCUT2D eigenvalue weighted by atomic mass is 31.2. The van der Waals surface area contributed by atoms with Crippen molar-refractivity contribution in [3.63, 3.8) is 0 Å². The van der Waals surface area contributed by atoms with Gasteiger partial charge in [0.1, 0.15) is 0 Å². The van der Waals surface area contributed by atoms with Crippen LogP contribution in [-0.4, -0.2) is 19.2 Å². The lowest BCUT2D eigenvalue weighted by molar-refractivity contribution is 0.361. The van der Waals surface area contributed by atoms with Crippen molar-refractivity contribution >= 4 is 7.67 Å². The third kappa shape index (κ3) is 4.88. The zero-order valence-electron chi connectivity index (χ0n) is 8.42. The maximum Gasteiger partial charge on any atom is 0.340 e. The Bertz CT molecular complexity index is 157. The Kier molecular flexibility index (Phi) is 5.02. The molecular weight excluding hydrogens is 175 g/mol. The molecule has 0 heterocycles. The van der Waals surface area contributed by atoms with Crippen molar-refractivity contribution < 1.29 is 9.09 Å². The molecule has 74 valence electrons. The van der Waals surface area contributed by atoms with Crippen LogP contribution in [0, 0.1) is 0 Å². The fourth-order valence-electron chi connectivity index (χ4n) is 0.823. The number of hydrogen-bond acceptors (Lipinski definition) is 2. The maximum absolute atomic E-state index is 11.8. The van der Waals surface area contributed by atoms with Crippen LogP contribution in [0.15, 0.2) is 0 Å². The van der Waals surface area contributed by atoms with Crippen molar-refractivity contribution in [3.8, 4) is 0 Å². The minimum atomic E-state index is -2.81. The van der Waals surface area contributed by atoms with Gasteiger partial charge in [-0.05, 0) is 27.7 Å². The van der Waals surface area contributed by atoms with Crippen molar-refractivity contribution in [2.45, 2.75) is 39.8 Å². The van der Waals surface area contributed by atoms with E-state index in [2.05, 4.69) is 10.2 Å². The molecule has 0 aromatic carbocycles. The van der Waals surface area contributed by atoms with Gasteiger partial charge >= 0.3 is 7.67 Å². The zero-order chi connectivity index (χ0) is 9.78. The standard InChI is InChI=1S/C7H19N2O2P/c1-6(2)8-12(10,11-5)9-7(3)4/h6-7H,1-5H3,(H2,8,9,10). The summed E-state index contributed by atoms with van der Waals surface area (Å²) in [6, 6.07) is 0.282. The van der Waals surface area contributed by atoms with Crippen LogP contribution in [0.2, 0.25) is 0 Å². The van der Waals surface area contributed by atoms with Crippen LogP contribution in [0.25, 0.3) is 0 Å². The smallest absolute Gasteiger partial charge is 0.310 e. The summed E-state index contributed by atoms with van der Waals surface area (Å²) >= 11 is 0. The quantitative estimate of drug-likeness (QED) is 0.654. The lowest BCUT2D eigenvalue weighted by Gasteiger charge is -2.22. The molecule has 0 spiro atoms. The molecule has 0 saturated heterocycles. The van der Waals surface area contributed by atoms with E-state index in [0.717, 1.165) is 0 Å². The molecule has 0 radical (unpaired) electrons. The average molecular weight is 194 g/mol. The van der Waals surface area contributed by atoms with E-state index in [9.17, 15) is 4.57 Å². The van der Waals surface area contributed by atoms with Crippen LogP contribution in [0.5, 0.6) is 0 Å². The van der Waals surface area contributed by atoms with Crippen LogP contribution >= 0.6 is 7.67 Å². The highest BCUT2D eigenvalue weighted by molar-refractivity contribution is 7.54. The second kappa shape index (κ2) is 4.97. The minimum Gasteiger partial charge on any atom is -0.310 e. The average Bonchev–Trinajstić information content (AvgIpc) is 1.83. The monoisotopic (exact) mass is 194 g/mol. The third-order valence-electron chi connectivity index (χ3n) is 1.11. The molecule has 0 aromatic rings. The van der Waals surface area contributed by atoms with E-state index in [1.54, 1.807) is 0 Å². The summed E-state index contributed by atoms with van der Waals surface area (Å²) in [6.07, 6.45) is 0. The fourth-order valence-corrected chi connectivity index (χ4v) is 2.47. The van der Waals surface area contributed by atoms with Gasteiger partial charge < -0.3 is 4.52 Å². The molecule has 0 aliphatic heterocycles. The molecule has 0 bridgehead atoms. The summed E-state index contributed by atoms with van der Waals surface area (Å²) < 4.78 is 16.7. The molecule has 5 heteroatoms. The SMILES string of the molecule is COP(=O)(NC(C)C)NC(C)C. The largest absolute Gasteiger partial charge is 0.340 e. The summed E-state index contributed by atoms with van der Waals surface area (Å²) in [4.78, 5) is 0. The van der Waals surface area contributed by atoms with E-state index >= 15 is 0 Å². The Morgan fingerprint density at radius 3 is 1.58 bits per heavy atom. The molecule has 0 atom stereocenters. The lowest BCUT2D eigenvalue weighted by Crippen LogP contribution is -2.32. The van der Waals surface area contributed by atoms with E-state index in [-0.39, 0.29) is 12.1 Å². The Labute approximate surface area is 74.6 Å². The number of nitrogens with one attached hydrogen (secondary N) is 2. The van der Waals surface area contributed by atoms with Crippen molar-refractivity contribution in [1.82, 2.24) is 10.2 Å². The van der Waals surface area contributed by atoms with Gasteiger partial charge in [0.15, 0.2) is 0 Å². The Hall–Kier alpha value is 0.110. The van der Waals surface area contributed by atoms with Crippen molar-refractivity contribution in [1.29, 1.82) is 0 Å². The number of rotatable bonds is 5. The predicted molar refractivity (Wildman–Crippen MR) is 51.2 cm³/mol. The van der Waals surface area contributed by atoms with Crippen LogP contribution in [0.3, 0.4) is 0 Å². The summed E-state index contributed by atoms with van der Waals surface area (Å²) in [5.74, 6) is 0. The van der Waals surface area contributed by atoms with Gasteiger partial charge in [-0.3, -0.25) is 4.57 Å². The minimum absolute atomic E-state index is 0.141. The first kappa shape index (κ1) is 12.1. The molecule has 0 aliphatic carbocycles. The van der Waals surface area contributed by atoms with E-state index < -0.39 is 7.67 Å². The third-order valence-corrected chi connectivity index (χ3v) is 3.34. The summed E-state index contributed by atoms with van der Waals surface area (Å²) in [7, 11) is -1.38. The second-order valence-electron chi connectivity index (χ2n) is 3.30. The molecule has 2 N–H and O–H groups in total. The predicted octanol–water partition coefficient (Wildman–Crippen LogP) is 1.74. The second-order valence-corrected chi connectivity index (χ2v) is 5.29. The van der Waals surface area contributed by atoms with Crippen LogP contribution in [0.4, 0.5) is 0 Å². The molecule has 0 unspecified atom stereocenters. The van der Waals surface area contributed by atoms with Gasteiger partial charge in [-0.15, -0.1) is 0 Å². The van der Waals surface area contributed by atoms with Gasteiger partial charge in [0.25, 0.3) is 0 Å². The van der Waals surface area contributed by atoms with Crippen molar-refractivity contribution in [3.05, 3.63) is 0 Å². The summed E-state index contributed by atoms with van der Waals surface area (Å²) in [5, 5.41) is 5.72.